The van der Waals surface area contributed by atoms with Crippen LogP contribution in [0.3, 0.4) is 0 Å². The van der Waals surface area contributed by atoms with Gasteiger partial charge in [-0.3, -0.25) is 25.2 Å². The first-order valence-electron chi connectivity index (χ1n) is 9.35. The smallest absolute Gasteiger partial charge is 0.269 e. The van der Waals surface area contributed by atoms with Crippen LogP contribution in [0.1, 0.15) is 55.3 Å². The Morgan fingerprint density at radius 3 is 2.07 bits per heavy atom. The summed E-state index contributed by atoms with van der Waals surface area (Å²) in [5, 5.41) is 5.52. The first-order chi connectivity index (χ1) is 13.0. The maximum absolute atomic E-state index is 12.2. The van der Waals surface area contributed by atoms with Crippen LogP contribution in [0, 0.1) is 11.8 Å². The van der Waals surface area contributed by atoms with E-state index in [9.17, 15) is 14.4 Å². The summed E-state index contributed by atoms with van der Waals surface area (Å²) in [7, 11) is 0. The average Bonchev–Trinajstić information content (AvgIpc) is 3.53. The van der Waals surface area contributed by atoms with Crippen molar-refractivity contribution in [1.29, 1.82) is 0 Å². The number of hydrazine groups is 1. The molecule has 0 heterocycles. The van der Waals surface area contributed by atoms with E-state index in [4.69, 9.17) is 12.2 Å². The van der Waals surface area contributed by atoms with Gasteiger partial charge in [-0.2, -0.15) is 0 Å². The van der Waals surface area contributed by atoms with Gasteiger partial charge in [-0.15, -0.1) is 0 Å². The molecule has 4 N–H and O–H groups in total. The molecule has 0 bridgehead atoms. The monoisotopic (exact) mass is 388 g/mol. The molecule has 0 unspecified atom stereocenters. The maximum atomic E-state index is 12.2. The van der Waals surface area contributed by atoms with Crippen LogP contribution in [-0.2, 0) is 9.59 Å². The third-order valence-corrected chi connectivity index (χ3v) is 5.07. The Morgan fingerprint density at radius 1 is 0.815 bits per heavy atom. The van der Waals surface area contributed by atoms with E-state index < -0.39 is 0 Å². The van der Waals surface area contributed by atoms with Crippen molar-refractivity contribution < 1.29 is 14.4 Å². The summed E-state index contributed by atoms with van der Waals surface area (Å²) >= 11 is 5.06. The fourth-order valence-corrected chi connectivity index (χ4v) is 3.24. The number of amides is 3. The molecule has 27 heavy (non-hydrogen) atoms. The van der Waals surface area contributed by atoms with E-state index in [2.05, 4.69) is 21.5 Å². The van der Waals surface area contributed by atoms with Crippen LogP contribution in [-0.4, -0.2) is 22.8 Å². The minimum absolute atomic E-state index is 0.00686. The third kappa shape index (κ3) is 5.75. The normalized spacial score (nSPS) is 16.9. The molecule has 1 aromatic carbocycles. The second kappa shape index (κ2) is 8.94. The molecule has 0 atom stereocenters. The second-order valence-electron chi connectivity index (χ2n) is 7.07. The van der Waals surface area contributed by atoms with Gasteiger partial charge >= 0.3 is 0 Å². The lowest BCUT2D eigenvalue weighted by molar-refractivity contribution is -0.124. The lowest BCUT2D eigenvalue weighted by Crippen LogP contribution is -2.49. The quantitative estimate of drug-likeness (QED) is 0.468. The zero-order valence-electron chi connectivity index (χ0n) is 15.0. The number of hydrogen-bond donors (Lipinski definition) is 4. The highest BCUT2D eigenvalue weighted by molar-refractivity contribution is 7.80. The Hall–Kier alpha value is -2.48. The molecule has 2 fully saturated rings. The minimum Gasteiger partial charge on any atom is -0.326 e. The highest BCUT2D eigenvalue weighted by Gasteiger charge is 2.29. The molecule has 3 amide bonds. The van der Waals surface area contributed by atoms with E-state index >= 15 is 0 Å². The third-order valence-electron chi connectivity index (χ3n) is 4.87. The maximum Gasteiger partial charge on any atom is 0.269 e. The Kier molecular flexibility index (Phi) is 6.39. The molecule has 0 aliphatic heterocycles. The minimum atomic E-state index is -0.385. The Labute approximate surface area is 163 Å². The molecule has 0 spiro atoms. The van der Waals surface area contributed by atoms with E-state index in [0.717, 1.165) is 38.5 Å². The number of anilines is 1. The number of carbonyl (C=O) groups is 3. The molecular weight excluding hydrogens is 364 g/mol. The molecule has 8 heteroatoms. The molecule has 144 valence electrons. The van der Waals surface area contributed by atoms with Gasteiger partial charge in [-0.05, 0) is 62.2 Å². The summed E-state index contributed by atoms with van der Waals surface area (Å²) in [4.78, 5) is 36.0. The Morgan fingerprint density at radius 2 is 1.44 bits per heavy atom. The number of thiocarbonyl (C=S) groups is 1. The summed E-state index contributed by atoms with van der Waals surface area (Å²) < 4.78 is 0. The van der Waals surface area contributed by atoms with Gasteiger partial charge in [0.15, 0.2) is 5.11 Å². The van der Waals surface area contributed by atoms with Gasteiger partial charge in [0.1, 0.15) is 0 Å². The molecule has 0 radical (unpaired) electrons. The molecule has 2 aliphatic carbocycles. The predicted molar refractivity (Wildman–Crippen MR) is 106 cm³/mol. The first-order valence-corrected chi connectivity index (χ1v) is 9.76. The lowest BCUT2D eigenvalue weighted by Gasteiger charge is -2.21. The van der Waals surface area contributed by atoms with E-state index in [0.29, 0.717) is 11.3 Å². The largest absolute Gasteiger partial charge is 0.326 e. The lowest BCUT2D eigenvalue weighted by atomic mass is 9.89. The topological polar surface area (TPSA) is 99.3 Å². The van der Waals surface area contributed by atoms with Crippen molar-refractivity contribution in [3.63, 3.8) is 0 Å². The van der Waals surface area contributed by atoms with Crippen LogP contribution < -0.4 is 21.5 Å². The number of nitrogens with one attached hydrogen (secondary N) is 4. The van der Waals surface area contributed by atoms with Gasteiger partial charge < -0.3 is 10.6 Å². The molecule has 2 saturated carbocycles. The molecule has 0 saturated heterocycles. The Bertz CT molecular complexity index is 725. The molecular formula is C19H24N4O3S. The van der Waals surface area contributed by atoms with Crippen molar-refractivity contribution in [2.75, 3.05) is 5.32 Å². The van der Waals surface area contributed by atoms with Crippen LogP contribution in [0.4, 0.5) is 5.69 Å². The Balaban J connectivity index is 1.42. The standard InChI is InChI=1S/C19H24N4O3S/c24-16(13-6-7-13)20-15-10-8-14(9-11-15)18(26)22-23-19(27)21-17(25)12-4-2-1-3-5-12/h8-13H,1-7H2,(H,20,24)(H,22,26)(H2,21,23,25,27). The number of benzene rings is 1. The van der Waals surface area contributed by atoms with Crippen LogP contribution >= 0.6 is 12.2 Å². The summed E-state index contributed by atoms with van der Waals surface area (Å²) in [5.74, 6) is -0.343. The van der Waals surface area contributed by atoms with Crippen molar-refractivity contribution in [3.8, 4) is 0 Å². The van der Waals surface area contributed by atoms with E-state index in [-0.39, 0.29) is 34.7 Å². The van der Waals surface area contributed by atoms with E-state index in [1.165, 1.54) is 6.42 Å². The van der Waals surface area contributed by atoms with Crippen LogP contribution in [0.25, 0.3) is 0 Å². The predicted octanol–water partition coefficient (Wildman–Crippen LogP) is 2.25. The zero-order valence-corrected chi connectivity index (χ0v) is 15.9. The van der Waals surface area contributed by atoms with E-state index in [1.54, 1.807) is 24.3 Å². The van der Waals surface area contributed by atoms with Crippen LogP contribution in [0.15, 0.2) is 24.3 Å². The second-order valence-corrected chi connectivity index (χ2v) is 7.48. The van der Waals surface area contributed by atoms with Gasteiger partial charge in [0, 0.05) is 23.1 Å². The van der Waals surface area contributed by atoms with Crippen molar-refractivity contribution in [1.82, 2.24) is 16.2 Å². The van der Waals surface area contributed by atoms with E-state index in [1.807, 2.05) is 0 Å². The van der Waals surface area contributed by atoms with Gasteiger partial charge in [0.05, 0.1) is 0 Å². The van der Waals surface area contributed by atoms with Crippen molar-refractivity contribution >= 4 is 40.7 Å². The van der Waals surface area contributed by atoms with Gasteiger partial charge in [-0.25, -0.2) is 0 Å². The summed E-state index contributed by atoms with van der Waals surface area (Å²) in [6, 6.07) is 6.59. The number of carbonyl (C=O) groups excluding carboxylic acids is 3. The van der Waals surface area contributed by atoms with Crippen molar-refractivity contribution in [2.24, 2.45) is 11.8 Å². The summed E-state index contributed by atoms with van der Waals surface area (Å²) in [6.45, 7) is 0. The number of hydrogen-bond acceptors (Lipinski definition) is 4. The van der Waals surface area contributed by atoms with Gasteiger partial charge in [-0.1, -0.05) is 19.3 Å². The molecule has 0 aromatic heterocycles. The van der Waals surface area contributed by atoms with Gasteiger partial charge in [0.25, 0.3) is 5.91 Å². The summed E-state index contributed by atoms with van der Waals surface area (Å²) in [6.07, 6.45) is 6.93. The summed E-state index contributed by atoms with van der Waals surface area (Å²) in [5.41, 5.74) is 6.08. The van der Waals surface area contributed by atoms with Crippen LogP contribution in [0.5, 0.6) is 0 Å². The SMILES string of the molecule is O=C(NNC(=S)NC(=O)C1CCCCC1)c1ccc(NC(=O)C2CC2)cc1. The fraction of sp³-hybridized carbons (Fsp3) is 0.474. The average molecular weight is 388 g/mol. The number of rotatable bonds is 4. The highest BCUT2D eigenvalue weighted by atomic mass is 32.1. The molecule has 1 aromatic rings. The van der Waals surface area contributed by atoms with Crippen molar-refractivity contribution in [2.45, 2.75) is 44.9 Å². The van der Waals surface area contributed by atoms with Crippen LogP contribution in [0.2, 0.25) is 0 Å². The fourth-order valence-electron chi connectivity index (χ4n) is 3.09. The van der Waals surface area contributed by atoms with Gasteiger partial charge in [0.2, 0.25) is 11.8 Å². The zero-order chi connectivity index (χ0) is 19.2. The molecule has 2 aliphatic rings. The molecule has 3 rings (SSSR count). The highest BCUT2D eigenvalue weighted by Crippen LogP contribution is 2.30. The molecule has 7 nitrogen and oxygen atoms in total. The first kappa shape index (κ1) is 19.3. The van der Waals surface area contributed by atoms with Crippen molar-refractivity contribution in [3.05, 3.63) is 29.8 Å².